The van der Waals surface area contributed by atoms with Gasteiger partial charge in [-0.2, -0.15) is 4.98 Å². The van der Waals surface area contributed by atoms with E-state index >= 15 is 0 Å². The second-order valence-corrected chi connectivity index (χ2v) is 2.68. The summed E-state index contributed by atoms with van der Waals surface area (Å²) >= 11 is 0. The molecule has 0 spiro atoms. The van der Waals surface area contributed by atoms with Crippen molar-refractivity contribution in [2.24, 2.45) is 0 Å². The van der Waals surface area contributed by atoms with Crippen molar-refractivity contribution in [3.63, 3.8) is 0 Å². The van der Waals surface area contributed by atoms with E-state index in [0.29, 0.717) is 12.2 Å². The Bertz CT molecular complexity index is 539. The van der Waals surface area contributed by atoms with Crippen LogP contribution in [0.3, 0.4) is 0 Å². The van der Waals surface area contributed by atoms with Crippen LogP contribution in [0.1, 0.15) is 0 Å². The summed E-state index contributed by atoms with van der Waals surface area (Å²) in [7, 11) is 0. The molecule has 2 aromatic heterocycles. The van der Waals surface area contributed by atoms with Crippen LogP contribution in [-0.4, -0.2) is 25.0 Å². The largest absolute Gasteiger partial charge is 0.369 e. The molecule has 14 heavy (non-hydrogen) atoms. The van der Waals surface area contributed by atoms with E-state index in [9.17, 15) is 4.79 Å². The highest BCUT2D eigenvalue weighted by atomic mass is 16.1. The van der Waals surface area contributed by atoms with Gasteiger partial charge in [0, 0.05) is 0 Å². The molecule has 0 aliphatic rings. The Hall–Kier alpha value is -2.18. The molecule has 7 nitrogen and oxygen atoms in total. The molecule has 0 fully saturated rings. The lowest BCUT2D eigenvalue weighted by Crippen LogP contribution is -2.12. The molecule has 0 amide bonds. The summed E-state index contributed by atoms with van der Waals surface area (Å²) in [5.41, 5.74) is 5.55. The third-order valence-corrected chi connectivity index (χ3v) is 1.69. The molecular formula is C7H8N6O. The van der Waals surface area contributed by atoms with Crippen LogP contribution in [0.4, 0.5) is 5.95 Å². The third-order valence-electron chi connectivity index (χ3n) is 1.69. The molecule has 0 aromatic carbocycles. The first-order valence-electron chi connectivity index (χ1n) is 3.92. The molecule has 2 rings (SSSR count). The SMILES string of the molecule is C=CCn1nnc2c(=O)[nH]c(N)nc21. The van der Waals surface area contributed by atoms with Crippen LogP contribution in [0.25, 0.3) is 11.2 Å². The lowest BCUT2D eigenvalue weighted by atomic mass is 10.5. The van der Waals surface area contributed by atoms with Crippen molar-refractivity contribution in [3.8, 4) is 0 Å². The fourth-order valence-corrected chi connectivity index (χ4v) is 1.13. The van der Waals surface area contributed by atoms with E-state index in [1.54, 1.807) is 6.08 Å². The predicted octanol–water partition coefficient (Wildman–Crippen LogP) is -0.717. The average molecular weight is 192 g/mol. The molecule has 2 heterocycles. The number of allylic oxidation sites excluding steroid dienone is 1. The van der Waals surface area contributed by atoms with Crippen molar-refractivity contribution < 1.29 is 0 Å². The van der Waals surface area contributed by atoms with Crippen LogP contribution in [0.2, 0.25) is 0 Å². The number of anilines is 1. The van der Waals surface area contributed by atoms with Crippen molar-refractivity contribution in [2.75, 3.05) is 5.73 Å². The van der Waals surface area contributed by atoms with E-state index < -0.39 is 0 Å². The van der Waals surface area contributed by atoms with Crippen LogP contribution in [0, 0.1) is 0 Å². The molecule has 0 aliphatic carbocycles. The molecule has 3 N–H and O–H groups in total. The number of rotatable bonds is 2. The highest BCUT2D eigenvalue weighted by Crippen LogP contribution is 2.03. The maximum absolute atomic E-state index is 11.3. The second-order valence-electron chi connectivity index (χ2n) is 2.68. The summed E-state index contributed by atoms with van der Waals surface area (Å²) in [6, 6.07) is 0. The van der Waals surface area contributed by atoms with Crippen LogP contribution < -0.4 is 11.3 Å². The summed E-state index contributed by atoms with van der Waals surface area (Å²) in [6.07, 6.45) is 1.63. The number of nitrogen functional groups attached to an aromatic ring is 1. The van der Waals surface area contributed by atoms with Crippen molar-refractivity contribution in [2.45, 2.75) is 6.54 Å². The average Bonchev–Trinajstić information content (AvgIpc) is 2.49. The van der Waals surface area contributed by atoms with E-state index in [1.807, 2.05) is 0 Å². The van der Waals surface area contributed by atoms with Crippen LogP contribution in [0.5, 0.6) is 0 Å². The van der Waals surface area contributed by atoms with Crippen LogP contribution in [0.15, 0.2) is 17.4 Å². The number of aromatic amines is 1. The maximum atomic E-state index is 11.3. The van der Waals surface area contributed by atoms with Gasteiger partial charge in [0.1, 0.15) is 0 Å². The normalized spacial score (nSPS) is 10.6. The Morgan fingerprint density at radius 3 is 3.14 bits per heavy atom. The first kappa shape index (κ1) is 8.42. The zero-order chi connectivity index (χ0) is 10.1. The van der Waals surface area contributed by atoms with Crippen molar-refractivity contribution in [1.82, 2.24) is 25.0 Å². The number of aromatic nitrogens is 5. The highest BCUT2D eigenvalue weighted by molar-refractivity contribution is 5.69. The van der Waals surface area contributed by atoms with Gasteiger partial charge in [0.15, 0.2) is 11.2 Å². The lowest BCUT2D eigenvalue weighted by molar-refractivity contribution is 0.677. The minimum Gasteiger partial charge on any atom is -0.369 e. The first-order valence-corrected chi connectivity index (χ1v) is 3.92. The van der Waals surface area contributed by atoms with Gasteiger partial charge in [-0.15, -0.1) is 11.7 Å². The molecule has 0 saturated heterocycles. The van der Waals surface area contributed by atoms with E-state index in [1.165, 1.54) is 4.68 Å². The zero-order valence-electron chi connectivity index (χ0n) is 7.27. The van der Waals surface area contributed by atoms with Crippen LogP contribution >= 0.6 is 0 Å². The Morgan fingerprint density at radius 2 is 2.43 bits per heavy atom. The van der Waals surface area contributed by atoms with Gasteiger partial charge in [0.25, 0.3) is 5.56 Å². The fourth-order valence-electron chi connectivity index (χ4n) is 1.13. The quantitative estimate of drug-likeness (QED) is 0.611. The molecule has 72 valence electrons. The molecule has 0 unspecified atom stereocenters. The minimum atomic E-state index is -0.386. The maximum Gasteiger partial charge on any atom is 0.282 e. The minimum absolute atomic E-state index is 0.0510. The molecule has 0 atom stereocenters. The van der Waals surface area contributed by atoms with Gasteiger partial charge in [0.2, 0.25) is 5.95 Å². The van der Waals surface area contributed by atoms with Gasteiger partial charge < -0.3 is 5.73 Å². The number of H-pyrrole nitrogens is 1. The number of nitrogens with one attached hydrogen (secondary N) is 1. The monoisotopic (exact) mass is 192 g/mol. The Labute approximate surface area is 78.3 Å². The van der Waals surface area contributed by atoms with Crippen molar-refractivity contribution in [3.05, 3.63) is 23.0 Å². The Morgan fingerprint density at radius 1 is 1.64 bits per heavy atom. The smallest absolute Gasteiger partial charge is 0.282 e. The topological polar surface area (TPSA) is 102 Å². The van der Waals surface area contributed by atoms with E-state index in [4.69, 9.17) is 5.73 Å². The lowest BCUT2D eigenvalue weighted by Gasteiger charge is -1.95. The van der Waals surface area contributed by atoms with Crippen LogP contribution in [-0.2, 0) is 6.54 Å². The number of nitrogens with zero attached hydrogens (tertiary/aromatic N) is 4. The first-order chi connectivity index (χ1) is 6.72. The fraction of sp³-hybridized carbons (Fsp3) is 0.143. The van der Waals surface area contributed by atoms with E-state index in [0.717, 1.165) is 0 Å². The van der Waals surface area contributed by atoms with Gasteiger partial charge in [0.05, 0.1) is 6.54 Å². The van der Waals surface area contributed by atoms with Gasteiger partial charge >= 0.3 is 0 Å². The number of hydrogen-bond acceptors (Lipinski definition) is 5. The number of nitrogens with two attached hydrogens (primary N) is 1. The summed E-state index contributed by atoms with van der Waals surface area (Å²) in [6.45, 7) is 3.99. The standard InChI is InChI=1S/C7H8N6O/c1-2-3-13-5-4(11-12-13)6(14)10-7(8)9-5/h2H,1,3H2,(H3,8,9,10,14). The van der Waals surface area contributed by atoms with Gasteiger partial charge in [-0.3, -0.25) is 9.78 Å². The summed E-state index contributed by atoms with van der Waals surface area (Å²) in [5, 5.41) is 7.43. The zero-order valence-corrected chi connectivity index (χ0v) is 7.27. The predicted molar refractivity (Wildman–Crippen MR) is 50.6 cm³/mol. The number of fused-ring (bicyclic) bond motifs is 1. The van der Waals surface area contributed by atoms with Gasteiger partial charge in [-0.25, -0.2) is 4.68 Å². The van der Waals surface area contributed by atoms with Gasteiger partial charge in [-0.1, -0.05) is 11.3 Å². The molecule has 0 aliphatic heterocycles. The molecule has 2 aromatic rings. The summed E-state index contributed by atoms with van der Waals surface area (Å²) in [5.74, 6) is 0.0510. The summed E-state index contributed by atoms with van der Waals surface area (Å²) in [4.78, 5) is 17.6. The van der Waals surface area contributed by atoms with E-state index in [-0.39, 0.29) is 17.0 Å². The second kappa shape index (κ2) is 2.95. The highest BCUT2D eigenvalue weighted by Gasteiger charge is 2.09. The summed E-state index contributed by atoms with van der Waals surface area (Å²) < 4.78 is 1.45. The Balaban J connectivity index is 2.78. The molecule has 0 bridgehead atoms. The molecular weight excluding hydrogens is 184 g/mol. The van der Waals surface area contributed by atoms with Crippen molar-refractivity contribution in [1.29, 1.82) is 0 Å². The molecule has 0 radical (unpaired) electrons. The third kappa shape index (κ3) is 1.15. The molecule has 7 heteroatoms. The van der Waals surface area contributed by atoms with Crippen molar-refractivity contribution >= 4 is 17.1 Å². The number of hydrogen-bond donors (Lipinski definition) is 2. The Kier molecular flexibility index (Phi) is 1.77. The van der Waals surface area contributed by atoms with Gasteiger partial charge in [-0.05, 0) is 0 Å². The molecule has 0 saturated carbocycles. The van der Waals surface area contributed by atoms with E-state index in [2.05, 4.69) is 26.9 Å².